The molecule has 0 bridgehead atoms. The molecule has 1 atom stereocenters. The van der Waals surface area contributed by atoms with Gasteiger partial charge in [0.2, 0.25) is 0 Å². The molecule has 4 nitrogen and oxygen atoms in total. The van der Waals surface area contributed by atoms with E-state index in [9.17, 15) is 5.11 Å². The number of rotatable bonds is 6. The molecule has 0 aliphatic rings. The molecule has 98 valence electrons. The number of hydrogen-bond donors (Lipinski definition) is 2. The van der Waals surface area contributed by atoms with Crippen LogP contribution in [0.25, 0.3) is 0 Å². The van der Waals surface area contributed by atoms with Gasteiger partial charge in [-0.2, -0.15) is 5.10 Å². The molecule has 0 aliphatic heterocycles. The summed E-state index contributed by atoms with van der Waals surface area (Å²) in [6.07, 6.45) is 2.54. The first-order valence-corrected chi connectivity index (χ1v) is 7.02. The minimum absolute atomic E-state index is 0.424. The van der Waals surface area contributed by atoms with Crippen LogP contribution >= 0.6 is 11.3 Å². The van der Waals surface area contributed by atoms with E-state index in [0.29, 0.717) is 6.54 Å². The lowest BCUT2D eigenvalue weighted by molar-refractivity contribution is 0.178. The van der Waals surface area contributed by atoms with E-state index in [1.807, 2.05) is 35.4 Å². The smallest absolute Gasteiger partial charge is 0.101 e. The van der Waals surface area contributed by atoms with Gasteiger partial charge in [-0.3, -0.25) is 4.68 Å². The normalized spacial score (nSPS) is 12.8. The molecular formula is C13H19N3OS. The van der Waals surface area contributed by atoms with Crippen molar-refractivity contribution in [3.8, 4) is 0 Å². The van der Waals surface area contributed by atoms with Crippen molar-refractivity contribution in [2.45, 2.75) is 26.0 Å². The molecule has 0 aromatic carbocycles. The summed E-state index contributed by atoms with van der Waals surface area (Å²) in [6, 6.07) is 3.91. The van der Waals surface area contributed by atoms with Gasteiger partial charge in [-0.25, -0.2) is 0 Å². The molecule has 0 saturated heterocycles. The highest BCUT2D eigenvalue weighted by Crippen LogP contribution is 2.17. The fourth-order valence-electron chi connectivity index (χ4n) is 1.95. The number of aliphatic hydroxyl groups excluding tert-OH is 1. The topological polar surface area (TPSA) is 50.1 Å². The van der Waals surface area contributed by atoms with Crippen molar-refractivity contribution in [3.05, 3.63) is 39.8 Å². The molecule has 5 heteroatoms. The lowest BCUT2D eigenvalue weighted by Crippen LogP contribution is -2.20. The maximum atomic E-state index is 9.95. The van der Waals surface area contributed by atoms with Crippen molar-refractivity contribution in [3.63, 3.8) is 0 Å². The van der Waals surface area contributed by atoms with Crippen molar-refractivity contribution >= 4 is 11.3 Å². The zero-order valence-electron chi connectivity index (χ0n) is 10.8. The number of nitrogens with one attached hydrogen (secondary N) is 1. The molecule has 0 aliphatic carbocycles. The zero-order chi connectivity index (χ0) is 13.0. The second-order valence-electron chi connectivity index (χ2n) is 4.29. The van der Waals surface area contributed by atoms with E-state index in [1.165, 1.54) is 5.56 Å². The van der Waals surface area contributed by atoms with Gasteiger partial charge in [-0.1, -0.05) is 13.0 Å². The Bertz CT molecular complexity index is 478. The second kappa shape index (κ2) is 6.13. The first-order chi connectivity index (χ1) is 8.70. The van der Waals surface area contributed by atoms with Crippen LogP contribution in [-0.4, -0.2) is 21.4 Å². The molecule has 0 radical (unpaired) electrons. The van der Waals surface area contributed by atoms with Crippen LogP contribution in [0.3, 0.4) is 0 Å². The Labute approximate surface area is 111 Å². The van der Waals surface area contributed by atoms with Crippen LogP contribution in [0.5, 0.6) is 0 Å². The first kappa shape index (κ1) is 13.3. The Morgan fingerprint density at radius 2 is 2.39 bits per heavy atom. The number of thiophene rings is 1. The number of hydrogen-bond acceptors (Lipinski definition) is 4. The third-order valence-electron chi connectivity index (χ3n) is 2.85. The molecule has 2 N–H and O–H groups in total. The molecule has 2 aromatic rings. The fraction of sp³-hybridized carbons (Fsp3) is 0.462. The van der Waals surface area contributed by atoms with Gasteiger partial charge in [0.05, 0.1) is 5.69 Å². The monoisotopic (exact) mass is 265 g/mol. The van der Waals surface area contributed by atoms with Gasteiger partial charge in [-0.15, -0.1) is 11.3 Å². The summed E-state index contributed by atoms with van der Waals surface area (Å²) in [5.74, 6) is 0. The minimum Gasteiger partial charge on any atom is -0.386 e. The molecule has 2 heterocycles. The van der Waals surface area contributed by atoms with Crippen molar-refractivity contribution in [2.75, 3.05) is 6.54 Å². The van der Waals surface area contributed by atoms with Crippen molar-refractivity contribution in [1.82, 2.24) is 15.1 Å². The van der Waals surface area contributed by atoms with Crippen LogP contribution in [0.2, 0.25) is 0 Å². The number of aliphatic hydroxyl groups is 1. The molecule has 2 aromatic heterocycles. The average Bonchev–Trinajstić information content (AvgIpc) is 2.98. The maximum absolute atomic E-state index is 9.95. The van der Waals surface area contributed by atoms with E-state index >= 15 is 0 Å². The Morgan fingerprint density at radius 1 is 1.56 bits per heavy atom. The van der Waals surface area contributed by atoms with E-state index < -0.39 is 6.10 Å². The standard InChI is InChI=1S/C13H19N3OS/c1-3-11-10(9-16(2)15-11)7-14-8-12(17)13-5-4-6-18-13/h4-6,9,12,14,17H,3,7-8H2,1-2H3. The predicted octanol–water partition coefficient (Wildman–Crippen LogP) is 1.87. The van der Waals surface area contributed by atoms with E-state index in [-0.39, 0.29) is 0 Å². The first-order valence-electron chi connectivity index (χ1n) is 6.14. The lowest BCUT2D eigenvalue weighted by Gasteiger charge is -2.09. The Hall–Kier alpha value is -1.17. The third kappa shape index (κ3) is 3.19. The number of nitrogens with zero attached hydrogens (tertiary/aromatic N) is 2. The van der Waals surface area contributed by atoms with Crippen molar-refractivity contribution in [2.24, 2.45) is 7.05 Å². The number of aromatic nitrogens is 2. The molecule has 1 unspecified atom stereocenters. The van der Waals surface area contributed by atoms with Gasteiger partial charge in [0.15, 0.2) is 0 Å². The molecular weight excluding hydrogens is 246 g/mol. The molecule has 18 heavy (non-hydrogen) atoms. The largest absolute Gasteiger partial charge is 0.386 e. The van der Waals surface area contributed by atoms with Crippen LogP contribution < -0.4 is 5.32 Å². The lowest BCUT2D eigenvalue weighted by atomic mass is 10.2. The van der Waals surface area contributed by atoms with Crippen LogP contribution in [0.15, 0.2) is 23.7 Å². The highest BCUT2D eigenvalue weighted by atomic mass is 32.1. The molecule has 2 rings (SSSR count). The predicted molar refractivity (Wildman–Crippen MR) is 73.6 cm³/mol. The third-order valence-corrected chi connectivity index (χ3v) is 3.82. The van der Waals surface area contributed by atoms with Crippen LogP contribution in [0, 0.1) is 0 Å². The molecule has 0 saturated carbocycles. The van der Waals surface area contributed by atoms with Gasteiger partial charge in [-0.05, 0) is 17.9 Å². The molecule has 0 fully saturated rings. The fourth-order valence-corrected chi connectivity index (χ4v) is 2.67. The van der Waals surface area contributed by atoms with E-state index in [2.05, 4.69) is 17.3 Å². The highest BCUT2D eigenvalue weighted by Gasteiger charge is 2.09. The summed E-state index contributed by atoms with van der Waals surface area (Å²) in [7, 11) is 1.93. The zero-order valence-corrected chi connectivity index (χ0v) is 11.6. The van der Waals surface area contributed by atoms with Crippen molar-refractivity contribution < 1.29 is 5.11 Å². The Morgan fingerprint density at radius 3 is 3.06 bits per heavy atom. The molecule has 0 amide bonds. The van der Waals surface area contributed by atoms with Crippen LogP contribution in [0.1, 0.15) is 29.2 Å². The van der Waals surface area contributed by atoms with Crippen LogP contribution in [0.4, 0.5) is 0 Å². The van der Waals surface area contributed by atoms with Crippen molar-refractivity contribution in [1.29, 1.82) is 0 Å². The van der Waals surface area contributed by atoms with E-state index in [4.69, 9.17) is 0 Å². The quantitative estimate of drug-likeness (QED) is 0.838. The van der Waals surface area contributed by atoms with Gasteiger partial charge in [0.1, 0.15) is 6.10 Å². The summed E-state index contributed by atoms with van der Waals surface area (Å²) >= 11 is 1.58. The highest BCUT2D eigenvalue weighted by molar-refractivity contribution is 7.10. The van der Waals surface area contributed by atoms with Gasteiger partial charge < -0.3 is 10.4 Å². The van der Waals surface area contributed by atoms with Gasteiger partial charge in [0.25, 0.3) is 0 Å². The average molecular weight is 265 g/mol. The maximum Gasteiger partial charge on any atom is 0.101 e. The Balaban J connectivity index is 1.85. The minimum atomic E-state index is -0.424. The van der Waals surface area contributed by atoms with Gasteiger partial charge in [0, 0.05) is 36.8 Å². The summed E-state index contributed by atoms with van der Waals surface area (Å²) in [6.45, 7) is 3.42. The second-order valence-corrected chi connectivity index (χ2v) is 5.27. The SMILES string of the molecule is CCc1nn(C)cc1CNCC(O)c1cccs1. The summed E-state index contributed by atoms with van der Waals surface area (Å²) in [5, 5.41) is 19.6. The summed E-state index contributed by atoms with van der Waals surface area (Å²) < 4.78 is 1.84. The summed E-state index contributed by atoms with van der Waals surface area (Å²) in [4.78, 5) is 1.00. The van der Waals surface area contributed by atoms with Gasteiger partial charge >= 0.3 is 0 Å². The Kier molecular flexibility index (Phi) is 4.52. The summed E-state index contributed by atoms with van der Waals surface area (Å²) in [5.41, 5.74) is 2.33. The van der Waals surface area contributed by atoms with E-state index in [0.717, 1.165) is 23.5 Å². The molecule has 0 spiro atoms. The van der Waals surface area contributed by atoms with E-state index in [1.54, 1.807) is 11.3 Å². The number of aryl methyl sites for hydroxylation is 2. The van der Waals surface area contributed by atoms with Crippen LogP contribution in [-0.2, 0) is 20.0 Å².